The number of nitrogens with one attached hydrogen (secondary N) is 1. The summed E-state index contributed by atoms with van der Waals surface area (Å²) in [5, 5.41) is 19.3. The summed E-state index contributed by atoms with van der Waals surface area (Å²) in [5.41, 5.74) is 0.791. The van der Waals surface area contributed by atoms with E-state index >= 15 is 0 Å². The van der Waals surface area contributed by atoms with Crippen LogP contribution in [0.5, 0.6) is 5.75 Å². The lowest BCUT2D eigenvalue weighted by Gasteiger charge is -2.12. The van der Waals surface area contributed by atoms with Crippen LogP contribution in [0.15, 0.2) is 46.9 Å². The lowest BCUT2D eigenvalue weighted by atomic mass is 10.1. The van der Waals surface area contributed by atoms with Crippen molar-refractivity contribution in [1.29, 1.82) is 0 Å². The molecule has 0 saturated heterocycles. The minimum absolute atomic E-state index is 0.0201. The first-order valence-electron chi connectivity index (χ1n) is 7.57. The van der Waals surface area contributed by atoms with Crippen LogP contribution < -0.4 is 9.96 Å². The van der Waals surface area contributed by atoms with E-state index < -0.39 is 17.2 Å². The minimum Gasteiger partial charge on any atom is -0.595 e. The average molecular weight is 357 g/mol. The third-order valence-corrected chi connectivity index (χ3v) is 3.78. The smallest absolute Gasteiger partial charge is 0.343 e. The van der Waals surface area contributed by atoms with Gasteiger partial charge in [0.25, 0.3) is 0 Å². The summed E-state index contributed by atoms with van der Waals surface area (Å²) in [4.78, 5) is 24.2. The molecule has 0 bridgehead atoms. The van der Waals surface area contributed by atoms with Crippen LogP contribution >= 0.6 is 0 Å². The van der Waals surface area contributed by atoms with Gasteiger partial charge in [-0.15, -0.1) is 0 Å². The van der Waals surface area contributed by atoms with E-state index in [9.17, 15) is 14.8 Å². The number of carbonyl (C=O) groups excluding carboxylic acids is 2. The van der Waals surface area contributed by atoms with Gasteiger partial charge in [-0.3, -0.25) is 0 Å². The normalized spacial score (nSPS) is 12.0. The summed E-state index contributed by atoms with van der Waals surface area (Å²) in [5.74, 6) is -0.690. The zero-order valence-electron chi connectivity index (χ0n) is 13.9. The van der Waals surface area contributed by atoms with Crippen molar-refractivity contribution in [2.45, 2.75) is 6.92 Å². The van der Waals surface area contributed by atoms with Gasteiger partial charge in [-0.05, 0) is 31.2 Å². The summed E-state index contributed by atoms with van der Waals surface area (Å²) in [6, 6.07) is 10.1. The third-order valence-electron chi connectivity index (χ3n) is 3.78. The van der Waals surface area contributed by atoms with Crippen molar-refractivity contribution in [1.82, 2.24) is 0 Å². The molecule has 2 aromatic carbocycles. The van der Waals surface area contributed by atoms with E-state index in [4.69, 9.17) is 19.1 Å². The second kappa shape index (κ2) is 6.96. The van der Waals surface area contributed by atoms with E-state index in [2.05, 4.69) is 0 Å². The first-order valence-corrected chi connectivity index (χ1v) is 7.57. The Morgan fingerprint density at radius 3 is 2.62 bits per heavy atom. The van der Waals surface area contributed by atoms with E-state index in [0.29, 0.717) is 16.7 Å². The standard InChI is InChI=1S/C18H15NO7/c1-10-16(18(21)24-2)14-9-13(6-7-15(14)25-10)26-17(20)11-4-3-5-12(8-11)19(22)23/h3-9,19,22H,1-2H3. The summed E-state index contributed by atoms with van der Waals surface area (Å²) in [6.45, 7) is 1.63. The topological polar surface area (TPSA) is 113 Å². The molecule has 0 aliphatic heterocycles. The maximum atomic E-state index is 12.3. The number of hydrogen-bond acceptors (Lipinski definition) is 7. The number of furan rings is 1. The van der Waals surface area contributed by atoms with Crippen molar-refractivity contribution in [3.8, 4) is 5.75 Å². The highest BCUT2D eigenvalue weighted by atomic mass is 16.8. The largest absolute Gasteiger partial charge is 0.595 e. The number of methoxy groups -OCH3 is 1. The second-order valence-corrected chi connectivity index (χ2v) is 5.46. The third kappa shape index (κ3) is 3.29. The van der Waals surface area contributed by atoms with Gasteiger partial charge in [0, 0.05) is 17.5 Å². The Balaban J connectivity index is 1.92. The molecule has 2 N–H and O–H groups in total. The number of fused-ring (bicyclic) bond motifs is 1. The van der Waals surface area contributed by atoms with Gasteiger partial charge < -0.3 is 19.1 Å². The van der Waals surface area contributed by atoms with Crippen LogP contribution in [0.2, 0.25) is 0 Å². The van der Waals surface area contributed by atoms with Gasteiger partial charge in [0.1, 0.15) is 22.7 Å². The number of esters is 2. The van der Waals surface area contributed by atoms with Gasteiger partial charge >= 0.3 is 11.9 Å². The molecular weight excluding hydrogens is 342 g/mol. The molecule has 0 radical (unpaired) electrons. The predicted octanol–water partition coefficient (Wildman–Crippen LogP) is 2.15. The van der Waals surface area contributed by atoms with Crippen LogP contribution in [-0.4, -0.2) is 24.3 Å². The molecule has 0 fully saturated rings. The molecule has 0 aliphatic carbocycles. The maximum absolute atomic E-state index is 12.3. The highest BCUT2D eigenvalue weighted by Gasteiger charge is 2.20. The first-order chi connectivity index (χ1) is 12.4. The first kappa shape index (κ1) is 17.6. The Morgan fingerprint density at radius 1 is 1.15 bits per heavy atom. The highest BCUT2D eigenvalue weighted by molar-refractivity contribution is 6.05. The van der Waals surface area contributed by atoms with Gasteiger partial charge in [-0.1, -0.05) is 6.07 Å². The zero-order chi connectivity index (χ0) is 18.8. The average Bonchev–Trinajstić information content (AvgIpc) is 2.96. The molecule has 26 heavy (non-hydrogen) atoms. The SMILES string of the molecule is COC(=O)c1c(C)oc2ccc(OC(=O)c3cccc([NH+]([O-])O)c3)cc12. The van der Waals surface area contributed by atoms with E-state index in [0.717, 1.165) is 0 Å². The summed E-state index contributed by atoms with van der Waals surface area (Å²) >= 11 is 0. The van der Waals surface area contributed by atoms with Crippen LogP contribution in [0, 0.1) is 12.1 Å². The van der Waals surface area contributed by atoms with E-state index in [1.165, 1.54) is 43.5 Å². The summed E-state index contributed by atoms with van der Waals surface area (Å²) < 4.78 is 15.5. The highest BCUT2D eigenvalue weighted by Crippen LogP contribution is 2.30. The zero-order valence-corrected chi connectivity index (χ0v) is 13.9. The van der Waals surface area contributed by atoms with Crippen LogP contribution in [0.25, 0.3) is 11.0 Å². The van der Waals surface area contributed by atoms with Crippen molar-refractivity contribution in [2.24, 2.45) is 0 Å². The number of hydrogen-bond donors (Lipinski definition) is 2. The van der Waals surface area contributed by atoms with Crippen LogP contribution in [-0.2, 0) is 4.74 Å². The molecule has 8 nitrogen and oxygen atoms in total. The Morgan fingerprint density at radius 2 is 1.92 bits per heavy atom. The maximum Gasteiger partial charge on any atom is 0.343 e. The van der Waals surface area contributed by atoms with Gasteiger partial charge in [-0.2, -0.15) is 5.23 Å². The van der Waals surface area contributed by atoms with E-state index in [1.54, 1.807) is 13.0 Å². The number of rotatable bonds is 4. The molecule has 3 rings (SSSR count). The summed E-state index contributed by atoms with van der Waals surface area (Å²) in [7, 11) is 1.26. The Labute approximate surface area is 147 Å². The molecule has 1 aromatic heterocycles. The molecule has 1 unspecified atom stereocenters. The van der Waals surface area contributed by atoms with Crippen molar-refractivity contribution in [3.05, 3.63) is 64.6 Å². The van der Waals surface area contributed by atoms with E-state index in [-0.39, 0.29) is 22.6 Å². The van der Waals surface area contributed by atoms with Crippen molar-refractivity contribution < 1.29 is 33.9 Å². The Kier molecular flexibility index (Phi) is 4.72. The molecule has 3 aromatic rings. The van der Waals surface area contributed by atoms with Crippen LogP contribution in [0.3, 0.4) is 0 Å². The van der Waals surface area contributed by atoms with Gasteiger partial charge in [0.15, 0.2) is 5.69 Å². The fourth-order valence-corrected chi connectivity index (χ4v) is 2.56. The molecule has 8 heteroatoms. The number of carbonyl (C=O) groups is 2. The lowest BCUT2D eigenvalue weighted by Crippen LogP contribution is -2.99. The molecular formula is C18H15NO7. The number of benzene rings is 2. The van der Waals surface area contributed by atoms with Crippen molar-refractivity contribution in [2.75, 3.05) is 7.11 Å². The molecule has 1 heterocycles. The number of aryl methyl sites for hydroxylation is 1. The van der Waals surface area contributed by atoms with Crippen LogP contribution in [0.1, 0.15) is 26.5 Å². The fourth-order valence-electron chi connectivity index (χ4n) is 2.56. The van der Waals surface area contributed by atoms with Crippen molar-refractivity contribution in [3.63, 3.8) is 0 Å². The monoisotopic (exact) mass is 357 g/mol. The van der Waals surface area contributed by atoms with Gasteiger partial charge in [-0.25, -0.2) is 14.8 Å². The Bertz CT molecular complexity index is 990. The minimum atomic E-state index is -1.14. The van der Waals surface area contributed by atoms with Crippen LogP contribution in [0.4, 0.5) is 5.69 Å². The molecule has 0 saturated carbocycles. The quantitative estimate of drug-likeness (QED) is 0.418. The number of quaternary nitrogens is 1. The van der Waals surface area contributed by atoms with Gasteiger partial charge in [0.2, 0.25) is 0 Å². The predicted molar refractivity (Wildman–Crippen MR) is 89.5 cm³/mol. The molecule has 0 aliphatic rings. The van der Waals surface area contributed by atoms with Gasteiger partial charge in [0.05, 0.1) is 12.7 Å². The summed E-state index contributed by atoms with van der Waals surface area (Å²) in [6.07, 6.45) is 0. The molecule has 0 amide bonds. The fraction of sp³-hybridized carbons (Fsp3) is 0.111. The number of ether oxygens (including phenoxy) is 2. The second-order valence-electron chi connectivity index (χ2n) is 5.46. The van der Waals surface area contributed by atoms with E-state index in [1.807, 2.05) is 0 Å². The Hall–Kier alpha value is -3.20. The molecule has 134 valence electrons. The molecule has 1 atom stereocenters. The van der Waals surface area contributed by atoms with Crippen molar-refractivity contribution >= 4 is 28.6 Å². The molecule has 0 spiro atoms. The lowest BCUT2D eigenvalue weighted by molar-refractivity contribution is -0.991.